The molecular formula is C27H30FNO5. The summed E-state index contributed by atoms with van der Waals surface area (Å²) in [4.78, 5) is 11.3. The van der Waals surface area contributed by atoms with Gasteiger partial charge in [-0.1, -0.05) is 38.1 Å². The zero-order valence-corrected chi connectivity index (χ0v) is 19.5. The molecule has 0 saturated heterocycles. The van der Waals surface area contributed by atoms with Crippen LogP contribution in [0.1, 0.15) is 54.3 Å². The molecule has 34 heavy (non-hydrogen) atoms. The molecule has 7 heteroatoms. The van der Waals surface area contributed by atoms with Crippen LogP contribution in [0.4, 0.5) is 4.39 Å². The van der Waals surface area contributed by atoms with Gasteiger partial charge in [-0.25, -0.2) is 9.18 Å². The second kappa shape index (κ2) is 11.1. The fraction of sp³-hybridized carbons (Fsp3) is 0.296. The third kappa shape index (κ3) is 6.12. The van der Waals surface area contributed by atoms with Crippen molar-refractivity contribution in [3.63, 3.8) is 0 Å². The van der Waals surface area contributed by atoms with E-state index in [-0.39, 0.29) is 35.6 Å². The first-order valence-electron chi connectivity index (χ1n) is 11.2. The van der Waals surface area contributed by atoms with E-state index in [1.165, 1.54) is 24.3 Å². The number of benzene rings is 3. The number of halogens is 1. The Labute approximate surface area is 198 Å². The SMILES string of the molecule is CC(C)c1cc(C(=O)O)ccc1-c1ccc(OCCN[C@H](C)[C@@H](O)c2ccc(O)cc2)c(F)c1. The second-order valence-corrected chi connectivity index (χ2v) is 8.53. The van der Waals surface area contributed by atoms with Gasteiger partial charge < -0.3 is 25.4 Å². The lowest BCUT2D eigenvalue weighted by molar-refractivity contribution is 0.0696. The minimum Gasteiger partial charge on any atom is -0.508 e. The highest BCUT2D eigenvalue weighted by atomic mass is 19.1. The molecule has 6 nitrogen and oxygen atoms in total. The lowest BCUT2D eigenvalue weighted by Gasteiger charge is -2.21. The van der Waals surface area contributed by atoms with E-state index in [2.05, 4.69) is 5.32 Å². The van der Waals surface area contributed by atoms with Gasteiger partial charge in [-0.15, -0.1) is 0 Å². The molecule has 3 aromatic carbocycles. The number of aliphatic hydroxyl groups excluding tert-OH is 1. The number of aromatic hydroxyl groups is 1. The first-order valence-corrected chi connectivity index (χ1v) is 11.2. The van der Waals surface area contributed by atoms with Crippen molar-refractivity contribution < 1.29 is 29.2 Å². The number of carbonyl (C=O) groups is 1. The fourth-order valence-corrected chi connectivity index (χ4v) is 3.74. The summed E-state index contributed by atoms with van der Waals surface area (Å²) in [7, 11) is 0. The molecule has 0 radical (unpaired) electrons. The van der Waals surface area contributed by atoms with Crippen molar-refractivity contribution in [1.82, 2.24) is 5.32 Å². The van der Waals surface area contributed by atoms with Crippen LogP contribution in [0.25, 0.3) is 11.1 Å². The zero-order valence-electron chi connectivity index (χ0n) is 19.5. The number of carboxylic acid groups (broad SMARTS) is 1. The van der Waals surface area contributed by atoms with Gasteiger partial charge in [0, 0.05) is 12.6 Å². The highest BCUT2D eigenvalue weighted by molar-refractivity contribution is 5.89. The number of ether oxygens (including phenoxy) is 1. The number of aliphatic hydroxyl groups is 1. The molecule has 0 saturated carbocycles. The Morgan fingerprint density at radius 2 is 1.74 bits per heavy atom. The molecule has 180 valence electrons. The lowest BCUT2D eigenvalue weighted by atomic mass is 9.91. The number of hydrogen-bond acceptors (Lipinski definition) is 5. The number of phenolic OH excluding ortho intramolecular Hbond substituents is 1. The molecule has 0 spiro atoms. The first-order chi connectivity index (χ1) is 16.2. The van der Waals surface area contributed by atoms with E-state index < -0.39 is 17.9 Å². The molecule has 4 N–H and O–H groups in total. The fourth-order valence-electron chi connectivity index (χ4n) is 3.74. The number of nitrogens with one attached hydrogen (secondary N) is 1. The maximum Gasteiger partial charge on any atom is 0.335 e. The maximum absolute atomic E-state index is 14.7. The summed E-state index contributed by atoms with van der Waals surface area (Å²) in [5.74, 6) is -1.19. The van der Waals surface area contributed by atoms with Crippen LogP contribution < -0.4 is 10.1 Å². The summed E-state index contributed by atoms with van der Waals surface area (Å²) in [5.41, 5.74) is 3.14. The Hall–Kier alpha value is -3.42. The number of rotatable bonds is 10. The van der Waals surface area contributed by atoms with Crippen molar-refractivity contribution in [2.24, 2.45) is 0 Å². The van der Waals surface area contributed by atoms with Gasteiger partial charge in [0.1, 0.15) is 12.4 Å². The van der Waals surface area contributed by atoms with Crippen LogP contribution >= 0.6 is 0 Å². The van der Waals surface area contributed by atoms with Gasteiger partial charge in [-0.3, -0.25) is 0 Å². The number of carboxylic acids is 1. The summed E-state index contributed by atoms with van der Waals surface area (Å²) in [6, 6.07) is 15.6. The minimum absolute atomic E-state index is 0.0679. The molecule has 0 aliphatic rings. The molecule has 3 aromatic rings. The van der Waals surface area contributed by atoms with Crippen molar-refractivity contribution in [2.45, 2.75) is 38.8 Å². The van der Waals surface area contributed by atoms with Gasteiger partial charge in [0.2, 0.25) is 0 Å². The molecule has 0 aliphatic heterocycles. The standard InChI is InChI=1S/C27H30FNO5/c1-16(2)23-14-20(27(32)33)6-10-22(23)19-7-11-25(24(28)15-19)34-13-12-29-17(3)26(31)18-4-8-21(30)9-5-18/h4-11,14-17,26,29-31H,12-13H2,1-3H3,(H,32,33)/t17-,26-/m1/s1. The van der Waals surface area contributed by atoms with Gasteiger partial charge in [0.05, 0.1) is 11.7 Å². The second-order valence-electron chi connectivity index (χ2n) is 8.53. The highest BCUT2D eigenvalue weighted by Crippen LogP contribution is 2.32. The average Bonchev–Trinajstić information content (AvgIpc) is 2.82. The van der Waals surface area contributed by atoms with E-state index in [0.717, 1.165) is 11.1 Å². The van der Waals surface area contributed by atoms with Crippen LogP contribution in [0.5, 0.6) is 11.5 Å². The van der Waals surface area contributed by atoms with Crippen molar-refractivity contribution in [2.75, 3.05) is 13.2 Å². The maximum atomic E-state index is 14.7. The van der Waals surface area contributed by atoms with E-state index in [1.54, 1.807) is 36.4 Å². The Balaban J connectivity index is 1.61. The van der Waals surface area contributed by atoms with Crippen LogP contribution in [0.3, 0.4) is 0 Å². The average molecular weight is 468 g/mol. The Bertz CT molecular complexity index is 1130. The van der Waals surface area contributed by atoms with Crippen LogP contribution in [-0.2, 0) is 0 Å². The molecule has 0 fully saturated rings. The third-order valence-corrected chi connectivity index (χ3v) is 5.70. The third-order valence-electron chi connectivity index (χ3n) is 5.70. The van der Waals surface area contributed by atoms with Crippen molar-refractivity contribution in [3.05, 3.63) is 83.2 Å². The molecule has 0 amide bonds. The van der Waals surface area contributed by atoms with Gasteiger partial charge in [-0.05, 0) is 71.5 Å². The van der Waals surface area contributed by atoms with Crippen molar-refractivity contribution >= 4 is 5.97 Å². The quantitative estimate of drug-likeness (QED) is 0.309. The largest absolute Gasteiger partial charge is 0.508 e. The predicted molar refractivity (Wildman–Crippen MR) is 129 cm³/mol. The van der Waals surface area contributed by atoms with E-state index in [1.807, 2.05) is 20.8 Å². The summed E-state index contributed by atoms with van der Waals surface area (Å²) >= 11 is 0. The first kappa shape index (κ1) is 25.2. The van der Waals surface area contributed by atoms with Gasteiger partial charge in [0.25, 0.3) is 0 Å². The number of hydrogen-bond donors (Lipinski definition) is 4. The molecule has 0 aromatic heterocycles. The van der Waals surface area contributed by atoms with Crippen LogP contribution in [0.15, 0.2) is 60.7 Å². The van der Waals surface area contributed by atoms with E-state index >= 15 is 0 Å². The van der Waals surface area contributed by atoms with Crippen molar-refractivity contribution in [1.29, 1.82) is 0 Å². The molecule has 0 bridgehead atoms. The molecule has 2 atom stereocenters. The Morgan fingerprint density at radius 3 is 2.35 bits per heavy atom. The summed E-state index contributed by atoms with van der Waals surface area (Å²) in [5, 5.41) is 32.2. The number of phenols is 1. The lowest BCUT2D eigenvalue weighted by Crippen LogP contribution is -2.35. The summed E-state index contributed by atoms with van der Waals surface area (Å²) < 4.78 is 20.3. The van der Waals surface area contributed by atoms with Crippen LogP contribution in [-0.4, -0.2) is 40.5 Å². The van der Waals surface area contributed by atoms with E-state index in [9.17, 15) is 24.5 Å². The Kier molecular flexibility index (Phi) is 8.26. The topological polar surface area (TPSA) is 99.0 Å². The molecule has 3 rings (SSSR count). The highest BCUT2D eigenvalue weighted by Gasteiger charge is 2.17. The van der Waals surface area contributed by atoms with Gasteiger partial charge in [0.15, 0.2) is 11.6 Å². The molecule has 0 unspecified atom stereocenters. The predicted octanol–water partition coefficient (Wildman–Crippen LogP) is 5.11. The minimum atomic E-state index is -0.998. The van der Waals surface area contributed by atoms with Crippen molar-refractivity contribution in [3.8, 4) is 22.6 Å². The molecule has 0 heterocycles. The Morgan fingerprint density at radius 1 is 1.03 bits per heavy atom. The van der Waals surface area contributed by atoms with Crippen LogP contribution in [0, 0.1) is 5.82 Å². The van der Waals surface area contributed by atoms with E-state index in [4.69, 9.17) is 4.74 Å². The van der Waals surface area contributed by atoms with Gasteiger partial charge >= 0.3 is 5.97 Å². The number of aromatic carboxylic acids is 1. The molecular weight excluding hydrogens is 437 g/mol. The van der Waals surface area contributed by atoms with Gasteiger partial charge in [-0.2, -0.15) is 0 Å². The zero-order chi connectivity index (χ0) is 24.8. The molecule has 0 aliphatic carbocycles. The monoisotopic (exact) mass is 467 g/mol. The smallest absolute Gasteiger partial charge is 0.335 e. The summed E-state index contributed by atoms with van der Waals surface area (Å²) in [6.07, 6.45) is -0.765. The summed E-state index contributed by atoms with van der Waals surface area (Å²) in [6.45, 7) is 6.35. The van der Waals surface area contributed by atoms with Crippen LogP contribution in [0.2, 0.25) is 0 Å². The normalized spacial score (nSPS) is 13.0. The van der Waals surface area contributed by atoms with E-state index in [0.29, 0.717) is 17.7 Å².